The second-order valence-corrected chi connectivity index (χ2v) is 6.38. The maximum atomic E-state index is 12.2. The lowest BCUT2D eigenvalue weighted by Gasteiger charge is -2.34. The predicted octanol–water partition coefficient (Wildman–Crippen LogP) is 0.618. The molecule has 1 saturated heterocycles. The fourth-order valence-corrected chi connectivity index (χ4v) is 2.99. The number of para-hydroxylation sites is 1. The maximum absolute atomic E-state index is 12.2. The van der Waals surface area contributed by atoms with Crippen molar-refractivity contribution in [2.24, 2.45) is 0 Å². The van der Waals surface area contributed by atoms with E-state index in [1.165, 1.54) is 6.92 Å². The largest absolute Gasteiger partial charge is 0.496 e. The SMILES string of the molecule is COc1ccccc1CCNC(=O)NCCC(=O)N1CCN(C(C)=O)CC1. The summed E-state index contributed by atoms with van der Waals surface area (Å²) in [5.41, 5.74) is 1.03. The van der Waals surface area contributed by atoms with Crippen LogP contribution < -0.4 is 15.4 Å². The van der Waals surface area contributed by atoms with Crippen molar-refractivity contribution in [1.82, 2.24) is 20.4 Å². The van der Waals surface area contributed by atoms with Gasteiger partial charge < -0.3 is 25.2 Å². The Labute approximate surface area is 159 Å². The Bertz CT molecular complexity index is 657. The molecular weight excluding hydrogens is 348 g/mol. The Hall–Kier alpha value is -2.77. The molecule has 0 spiro atoms. The minimum atomic E-state index is -0.293. The van der Waals surface area contributed by atoms with Gasteiger partial charge in [-0.15, -0.1) is 0 Å². The van der Waals surface area contributed by atoms with Gasteiger partial charge in [-0.05, 0) is 18.1 Å². The molecule has 2 N–H and O–H groups in total. The Kier molecular flexibility index (Phi) is 7.91. The smallest absolute Gasteiger partial charge is 0.314 e. The van der Waals surface area contributed by atoms with Gasteiger partial charge in [0.15, 0.2) is 0 Å². The fraction of sp³-hybridized carbons (Fsp3) is 0.526. The summed E-state index contributed by atoms with van der Waals surface area (Å²) in [5, 5.41) is 5.48. The number of hydrogen-bond acceptors (Lipinski definition) is 4. The van der Waals surface area contributed by atoms with Crippen molar-refractivity contribution in [2.75, 3.05) is 46.4 Å². The number of amides is 4. The van der Waals surface area contributed by atoms with E-state index < -0.39 is 0 Å². The lowest BCUT2D eigenvalue weighted by molar-refractivity contribution is -0.138. The van der Waals surface area contributed by atoms with E-state index in [0.29, 0.717) is 39.1 Å². The molecule has 1 aliphatic rings. The van der Waals surface area contributed by atoms with Crippen LogP contribution in [0.25, 0.3) is 0 Å². The van der Waals surface area contributed by atoms with E-state index in [0.717, 1.165) is 11.3 Å². The topological polar surface area (TPSA) is 91.0 Å². The van der Waals surface area contributed by atoms with Gasteiger partial charge in [-0.3, -0.25) is 9.59 Å². The molecule has 1 aromatic rings. The summed E-state index contributed by atoms with van der Waals surface area (Å²) in [4.78, 5) is 38.8. The molecule has 2 rings (SSSR count). The summed E-state index contributed by atoms with van der Waals surface area (Å²) >= 11 is 0. The molecular formula is C19H28N4O4. The highest BCUT2D eigenvalue weighted by atomic mass is 16.5. The fourth-order valence-electron chi connectivity index (χ4n) is 2.99. The lowest BCUT2D eigenvalue weighted by atomic mass is 10.1. The van der Waals surface area contributed by atoms with E-state index in [1.807, 2.05) is 24.3 Å². The average molecular weight is 376 g/mol. The summed E-state index contributed by atoms with van der Waals surface area (Å²) in [6.07, 6.45) is 0.913. The van der Waals surface area contributed by atoms with Crippen LogP contribution >= 0.6 is 0 Å². The summed E-state index contributed by atoms with van der Waals surface area (Å²) in [7, 11) is 1.62. The van der Waals surface area contributed by atoms with E-state index in [1.54, 1.807) is 16.9 Å². The number of methoxy groups -OCH3 is 1. The molecule has 0 bridgehead atoms. The van der Waals surface area contributed by atoms with Crippen LogP contribution in [0.5, 0.6) is 5.75 Å². The molecule has 27 heavy (non-hydrogen) atoms. The van der Waals surface area contributed by atoms with Gasteiger partial charge in [0.1, 0.15) is 5.75 Å². The van der Waals surface area contributed by atoms with Crippen LogP contribution in [0.2, 0.25) is 0 Å². The first-order chi connectivity index (χ1) is 13.0. The quantitative estimate of drug-likeness (QED) is 0.730. The number of ether oxygens (including phenoxy) is 1. The number of benzene rings is 1. The molecule has 8 nitrogen and oxygen atoms in total. The van der Waals surface area contributed by atoms with E-state index >= 15 is 0 Å². The van der Waals surface area contributed by atoms with E-state index in [2.05, 4.69) is 10.6 Å². The monoisotopic (exact) mass is 376 g/mol. The van der Waals surface area contributed by atoms with Gasteiger partial charge in [0.25, 0.3) is 0 Å². The molecule has 148 valence electrons. The summed E-state index contributed by atoms with van der Waals surface area (Å²) in [6.45, 7) is 4.52. The zero-order chi connectivity index (χ0) is 19.6. The molecule has 0 aromatic heterocycles. The molecule has 1 aromatic carbocycles. The number of nitrogens with one attached hydrogen (secondary N) is 2. The number of rotatable bonds is 7. The van der Waals surface area contributed by atoms with Crippen molar-refractivity contribution >= 4 is 17.8 Å². The van der Waals surface area contributed by atoms with Gasteiger partial charge in [0.05, 0.1) is 7.11 Å². The van der Waals surface area contributed by atoms with Crippen molar-refractivity contribution in [3.63, 3.8) is 0 Å². The number of piperazine rings is 1. The van der Waals surface area contributed by atoms with E-state index in [-0.39, 0.29) is 30.8 Å². The predicted molar refractivity (Wildman–Crippen MR) is 102 cm³/mol. The van der Waals surface area contributed by atoms with Crippen LogP contribution in [0.4, 0.5) is 4.79 Å². The van der Waals surface area contributed by atoms with Gasteiger partial charge in [-0.25, -0.2) is 4.79 Å². The zero-order valence-electron chi connectivity index (χ0n) is 16.0. The number of urea groups is 1. The average Bonchev–Trinajstić information content (AvgIpc) is 2.68. The van der Waals surface area contributed by atoms with Crippen LogP contribution in [0.3, 0.4) is 0 Å². The second-order valence-electron chi connectivity index (χ2n) is 6.38. The maximum Gasteiger partial charge on any atom is 0.314 e. The van der Waals surface area contributed by atoms with E-state index in [9.17, 15) is 14.4 Å². The zero-order valence-corrected chi connectivity index (χ0v) is 16.0. The van der Waals surface area contributed by atoms with Gasteiger partial charge in [0.2, 0.25) is 11.8 Å². The lowest BCUT2D eigenvalue weighted by Crippen LogP contribution is -2.50. The van der Waals surface area contributed by atoms with Crippen LogP contribution in [0.1, 0.15) is 18.9 Å². The third kappa shape index (κ3) is 6.47. The standard InChI is InChI=1S/C19H28N4O4/c1-15(24)22-11-13-23(14-12-22)18(25)8-10-21-19(26)20-9-7-16-5-3-4-6-17(16)27-2/h3-6H,7-14H2,1-2H3,(H2,20,21,26). The molecule has 0 radical (unpaired) electrons. The minimum absolute atomic E-state index is 0.00692. The Morgan fingerprint density at radius 3 is 2.30 bits per heavy atom. The van der Waals surface area contributed by atoms with Crippen LogP contribution in [0, 0.1) is 0 Å². The normalized spacial score (nSPS) is 13.9. The number of hydrogen-bond donors (Lipinski definition) is 2. The third-order valence-electron chi connectivity index (χ3n) is 4.57. The van der Waals surface area contributed by atoms with Crippen LogP contribution in [-0.4, -0.2) is 74.0 Å². The minimum Gasteiger partial charge on any atom is -0.496 e. The van der Waals surface area contributed by atoms with Gasteiger partial charge in [0, 0.05) is 52.6 Å². The first-order valence-electron chi connectivity index (χ1n) is 9.18. The van der Waals surface area contributed by atoms with Gasteiger partial charge >= 0.3 is 6.03 Å². The molecule has 8 heteroatoms. The Morgan fingerprint density at radius 2 is 1.63 bits per heavy atom. The number of nitrogens with zero attached hydrogens (tertiary/aromatic N) is 2. The second kappa shape index (κ2) is 10.4. The number of carbonyl (C=O) groups is 3. The summed E-state index contributed by atoms with van der Waals surface area (Å²) in [6, 6.07) is 7.39. The Balaban J connectivity index is 1.60. The molecule has 0 unspecified atom stereocenters. The molecule has 4 amide bonds. The Morgan fingerprint density at radius 1 is 1.00 bits per heavy atom. The van der Waals surface area contributed by atoms with Gasteiger partial charge in [-0.2, -0.15) is 0 Å². The molecule has 0 saturated carbocycles. The molecule has 1 aliphatic heterocycles. The first-order valence-corrected chi connectivity index (χ1v) is 9.18. The molecule has 0 atom stereocenters. The third-order valence-corrected chi connectivity index (χ3v) is 4.57. The van der Waals surface area contributed by atoms with Crippen molar-refractivity contribution in [1.29, 1.82) is 0 Å². The molecule has 1 fully saturated rings. The van der Waals surface area contributed by atoms with Crippen LogP contribution in [-0.2, 0) is 16.0 Å². The summed E-state index contributed by atoms with van der Waals surface area (Å²) in [5.74, 6) is 0.830. The van der Waals surface area contributed by atoms with Crippen molar-refractivity contribution in [3.8, 4) is 5.75 Å². The highest BCUT2D eigenvalue weighted by Gasteiger charge is 2.21. The summed E-state index contributed by atoms with van der Waals surface area (Å²) < 4.78 is 5.28. The van der Waals surface area contributed by atoms with Crippen molar-refractivity contribution < 1.29 is 19.1 Å². The van der Waals surface area contributed by atoms with Crippen molar-refractivity contribution in [2.45, 2.75) is 19.8 Å². The highest BCUT2D eigenvalue weighted by molar-refractivity contribution is 5.79. The van der Waals surface area contributed by atoms with E-state index in [4.69, 9.17) is 4.74 Å². The first kappa shape index (κ1) is 20.5. The van der Waals surface area contributed by atoms with Crippen LogP contribution in [0.15, 0.2) is 24.3 Å². The number of carbonyl (C=O) groups excluding carboxylic acids is 3. The highest BCUT2D eigenvalue weighted by Crippen LogP contribution is 2.17. The van der Waals surface area contributed by atoms with Gasteiger partial charge in [-0.1, -0.05) is 18.2 Å². The molecule has 1 heterocycles. The molecule has 0 aliphatic carbocycles. The van der Waals surface area contributed by atoms with Crippen molar-refractivity contribution in [3.05, 3.63) is 29.8 Å².